The summed E-state index contributed by atoms with van der Waals surface area (Å²) in [5, 5.41) is 12.3. The number of thiocarbonyl (C=S) groups is 1. The van der Waals surface area contributed by atoms with Crippen LogP contribution in [-0.2, 0) is 6.54 Å². The first kappa shape index (κ1) is 28.9. The number of halogens is 1. The second kappa shape index (κ2) is 12.2. The summed E-state index contributed by atoms with van der Waals surface area (Å²) >= 11 is 6.22. The number of thioether (sulfide) groups is 1. The topological polar surface area (TPSA) is 139 Å². The van der Waals surface area contributed by atoms with Crippen molar-refractivity contribution in [3.8, 4) is 22.9 Å². The fourth-order valence-corrected chi connectivity index (χ4v) is 5.87. The van der Waals surface area contributed by atoms with Gasteiger partial charge in [0, 0.05) is 55.6 Å². The van der Waals surface area contributed by atoms with E-state index in [4.69, 9.17) is 27.4 Å². The molecule has 6 rings (SSSR count). The molecular weight excluding hydrogens is 594 g/mol. The first-order valence-electron chi connectivity index (χ1n) is 13.7. The second-order valence-corrected chi connectivity index (χ2v) is 11.5. The van der Waals surface area contributed by atoms with Crippen LogP contribution >= 0.6 is 24.0 Å². The first-order valence-corrected chi connectivity index (χ1v) is 15.1. The highest BCUT2D eigenvalue weighted by atomic mass is 32.2. The molecule has 224 valence electrons. The van der Waals surface area contributed by atoms with Gasteiger partial charge in [-0.3, -0.25) is 15.3 Å². The molecule has 1 fully saturated rings. The van der Waals surface area contributed by atoms with Crippen molar-refractivity contribution in [3.05, 3.63) is 58.1 Å². The fourth-order valence-electron chi connectivity index (χ4n) is 5.06. The van der Waals surface area contributed by atoms with Crippen LogP contribution in [-0.4, -0.2) is 81.2 Å². The van der Waals surface area contributed by atoms with E-state index < -0.39 is 5.82 Å². The Bertz CT molecular complexity index is 1780. The van der Waals surface area contributed by atoms with Gasteiger partial charge >= 0.3 is 0 Å². The van der Waals surface area contributed by atoms with Crippen molar-refractivity contribution in [3.63, 3.8) is 0 Å². The number of pyridine rings is 1. The number of anilines is 1. The lowest BCUT2D eigenvalue weighted by Gasteiger charge is -2.34. The van der Waals surface area contributed by atoms with Crippen LogP contribution in [0.1, 0.15) is 12.5 Å². The van der Waals surface area contributed by atoms with E-state index in [0.717, 1.165) is 31.7 Å². The summed E-state index contributed by atoms with van der Waals surface area (Å²) in [5.74, 6) is 1.50. The van der Waals surface area contributed by atoms with E-state index in [0.29, 0.717) is 62.6 Å². The molecule has 4 heterocycles. The fraction of sp³-hybridized carbons (Fsp3) is 0.321. The number of aryl methyl sites for hydroxylation is 1. The van der Waals surface area contributed by atoms with Crippen LogP contribution in [0.4, 0.5) is 10.1 Å². The molecule has 0 amide bonds. The molecule has 4 aromatic rings. The number of rotatable bonds is 8. The molecule has 2 aliphatic heterocycles. The number of ether oxygens (including phenoxy) is 2. The number of aromatic amines is 1. The predicted octanol–water partition coefficient (Wildman–Crippen LogP) is 2.76. The van der Waals surface area contributed by atoms with Gasteiger partial charge in [-0.2, -0.15) is 5.10 Å². The average molecular weight is 624 g/mol. The molecular formula is C28H30FN9O3S2. The maximum absolute atomic E-state index is 15.4. The lowest BCUT2D eigenvalue weighted by molar-refractivity contribution is 0.174. The second-order valence-electron chi connectivity index (χ2n) is 10.1. The third kappa shape index (κ3) is 6.00. The van der Waals surface area contributed by atoms with E-state index in [1.165, 1.54) is 17.8 Å². The van der Waals surface area contributed by atoms with Crippen LogP contribution in [0.2, 0.25) is 0 Å². The molecule has 0 radical (unpaired) electrons. The molecule has 0 atom stereocenters. The summed E-state index contributed by atoms with van der Waals surface area (Å²) in [7, 11) is 2.05. The molecule has 2 aromatic carbocycles. The highest BCUT2D eigenvalue weighted by Crippen LogP contribution is 2.33. The number of aromatic nitrogens is 4. The monoisotopic (exact) mass is 623 g/mol. The quantitative estimate of drug-likeness (QED) is 0.116. The SMILES string of the molecule is CCn1cc(-c2nc(SC/C(=N/NC(N)=S)c3ccc4c(c3)OCO4)n[nH]2)c(=O)c2cc(F)c(N3CCN(C)CC3)cc21. The number of piperazine rings is 1. The van der Waals surface area contributed by atoms with Gasteiger partial charge < -0.3 is 29.6 Å². The summed E-state index contributed by atoms with van der Waals surface area (Å²) in [4.78, 5) is 22.4. The van der Waals surface area contributed by atoms with E-state index >= 15 is 4.39 Å². The van der Waals surface area contributed by atoms with Crippen molar-refractivity contribution in [1.82, 2.24) is 30.1 Å². The Balaban J connectivity index is 1.27. The van der Waals surface area contributed by atoms with Crippen molar-refractivity contribution in [2.75, 3.05) is 50.7 Å². The van der Waals surface area contributed by atoms with Crippen LogP contribution in [0.5, 0.6) is 11.5 Å². The van der Waals surface area contributed by atoms with Crippen LogP contribution in [0.3, 0.4) is 0 Å². The predicted molar refractivity (Wildman–Crippen MR) is 169 cm³/mol. The van der Waals surface area contributed by atoms with Crippen LogP contribution < -0.4 is 31.0 Å². The highest BCUT2D eigenvalue weighted by molar-refractivity contribution is 7.99. The van der Waals surface area contributed by atoms with Gasteiger partial charge in [-0.15, -0.1) is 5.10 Å². The molecule has 1 saturated heterocycles. The zero-order valence-electron chi connectivity index (χ0n) is 23.6. The van der Waals surface area contributed by atoms with Gasteiger partial charge in [0.1, 0.15) is 5.82 Å². The summed E-state index contributed by atoms with van der Waals surface area (Å²) in [6.45, 7) is 5.87. The van der Waals surface area contributed by atoms with Crippen molar-refractivity contribution in [1.29, 1.82) is 0 Å². The number of nitrogens with two attached hydrogens (primary N) is 1. The van der Waals surface area contributed by atoms with Crippen LogP contribution in [0.15, 0.2) is 51.6 Å². The van der Waals surface area contributed by atoms with Crippen molar-refractivity contribution >= 4 is 51.4 Å². The number of nitrogens with zero attached hydrogens (tertiary/aromatic N) is 6. The molecule has 4 N–H and O–H groups in total. The number of nitrogens with one attached hydrogen (secondary N) is 2. The van der Waals surface area contributed by atoms with Crippen molar-refractivity contribution in [2.24, 2.45) is 10.8 Å². The molecule has 15 heteroatoms. The summed E-state index contributed by atoms with van der Waals surface area (Å²) in [6.07, 6.45) is 1.75. The highest BCUT2D eigenvalue weighted by Gasteiger charge is 2.22. The van der Waals surface area contributed by atoms with Crippen molar-refractivity contribution in [2.45, 2.75) is 18.6 Å². The molecule has 0 aliphatic carbocycles. The zero-order chi connectivity index (χ0) is 30.1. The minimum Gasteiger partial charge on any atom is -0.454 e. The minimum absolute atomic E-state index is 0.0269. The number of benzene rings is 2. The number of hydrogen-bond donors (Lipinski definition) is 3. The smallest absolute Gasteiger partial charge is 0.231 e. The van der Waals surface area contributed by atoms with Gasteiger partial charge in [-0.05, 0) is 56.5 Å². The standard InChI is InChI=1S/C28H30FN9O3S2/c1-3-37-13-18(25(39)17-11-19(29)22(12-21(17)37)38-8-6-36(2)7-9-38)26-31-28(35-33-26)43-14-20(32-34-27(30)42)16-4-5-23-24(10-16)41-15-40-23/h4-5,10-13H,3,6-9,14-15H2,1-2H3,(H3,30,34,42)(H,31,33,35)/b32-20-. The average Bonchev–Trinajstić information content (AvgIpc) is 3.67. The van der Waals surface area contributed by atoms with Gasteiger partial charge in [-0.25, -0.2) is 9.37 Å². The van der Waals surface area contributed by atoms with Gasteiger partial charge in [0.2, 0.25) is 11.9 Å². The molecule has 0 bridgehead atoms. The normalized spacial score (nSPS) is 15.3. The zero-order valence-corrected chi connectivity index (χ0v) is 25.2. The lowest BCUT2D eigenvalue weighted by Crippen LogP contribution is -2.44. The summed E-state index contributed by atoms with van der Waals surface area (Å²) < 4.78 is 28.2. The lowest BCUT2D eigenvalue weighted by atomic mass is 10.1. The molecule has 0 unspecified atom stereocenters. The number of hydrogen-bond acceptors (Lipinski definition) is 10. The molecule has 43 heavy (non-hydrogen) atoms. The Hall–Kier alpha value is -4.21. The van der Waals surface area contributed by atoms with E-state index in [1.54, 1.807) is 18.3 Å². The Morgan fingerprint density at radius 3 is 2.77 bits per heavy atom. The number of likely N-dealkylation sites (N-methyl/N-ethyl adjacent to an activating group) is 1. The third-order valence-electron chi connectivity index (χ3n) is 7.40. The Kier molecular flexibility index (Phi) is 8.19. The Morgan fingerprint density at radius 2 is 2.00 bits per heavy atom. The number of H-pyrrole nitrogens is 1. The van der Waals surface area contributed by atoms with E-state index in [-0.39, 0.29) is 17.3 Å². The van der Waals surface area contributed by atoms with Gasteiger partial charge in [0.15, 0.2) is 27.9 Å². The molecule has 12 nitrogen and oxygen atoms in total. The maximum atomic E-state index is 15.4. The van der Waals surface area contributed by atoms with Crippen LogP contribution in [0, 0.1) is 5.82 Å². The molecule has 0 saturated carbocycles. The molecule has 0 spiro atoms. The largest absolute Gasteiger partial charge is 0.454 e. The van der Waals surface area contributed by atoms with Gasteiger partial charge in [0.25, 0.3) is 0 Å². The molecule has 2 aromatic heterocycles. The minimum atomic E-state index is -0.413. The maximum Gasteiger partial charge on any atom is 0.231 e. The van der Waals surface area contributed by atoms with E-state index in [1.807, 2.05) is 28.5 Å². The summed E-state index contributed by atoms with van der Waals surface area (Å²) in [6, 6.07) is 8.61. The summed E-state index contributed by atoms with van der Waals surface area (Å²) in [5.41, 5.74) is 10.8. The first-order chi connectivity index (χ1) is 20.8. The van der Waals surface area contributed by atoms with Crippen LogP contribution in [0.25, 0.3) is 22.3 Å². The van der Waals surface area contributed by atoms with E-state index in [9.17, 15) is 4.79 Å². The molecule has 2 aliphatic rings. The van der Waals surface area contributed by atoms with E-state index in [2.05, 4.69) is 37.7 Å². The van der Waals surface area contributed by atoms with Gasteiger partial charge in [0.05, 0.1) is 22.5 Å². The third-order valence-corrected chi connectivity index (χ3v) is 8.35. The number of hydrazone groups is 1. The van der Waals surface area contributed by atoms with Crippen molar-refractivity contribution < 1.29 is 13.9 Å². The van der Waals surface area contributed by atoms with Gasteiger partial charge in [-0.1, -0.05) is 11.8 Å². The Labute approximate surface area is 256 Å². The number of fused-ring (bicyclic) bond motifs is 2. The Morgan fingerprint density at radius 1 is 1.21 bits per heavy atom.